The second kappa shape index (κ2) is 7.18. The van der Waals surface area contributed by atoms with Gasteiger partial charge in [-0.2, -0.15) is 5.10 Å². The highest BCUT2D eigenvalue weighted by atomic mass is 35.5. The van der Waals surface area contributed by atoms with E-state index in [2.05, 4.69) is 22.5 Å². The van der Waals surface area contributed by atoms with Gasteiger partial charge >= 0.3 is 0 Å². The van der Waals surface area contributed by atoms with E-state index in [1.807, 2.05) is 49.4 Å². The lowest BCUT2D eigenvalue weighted by molar-refractivity contribution is 0.691. The summed E-state index contributed by atoms with van der Waals surface area (Å²) in [5, 5.41) is 9.15. The van der Waals surface area contributed by atoms with E-state index in [1.54, 1.807) is 4.68 Å². The van der Waals surface area contributed by atoms with E-state index in [4.69, 9.17) is 23.2 Å². The van der Waals surface area contributed by atoms with Crippen LogP contribution in [0.4, 0.5) is 0 Å². The predicted octanol–water partition coefficient (Wildman–Crippen LogP) is 4.78. The average molecular weight is 346 g/mol. The van der Waals surface area contributed by atoms with E-state index < -0.39 is 0 Å². The average Bonchev–Trinajstić information content (AvgIpc) is 2.84. The third-order valence-corrected chi connectivity index (χ3v) is 4.38. The van der Waals surface area contributed by atoms with E-state index in [1.165, 1.54) is 5.56 Å². The fraction of sp³-hybridized carbons (Fsp3) is 0.167. The Bertz CT molecular complexity index is 797. The fourth-order valence-corrected chi connectivity index (χ4v) is 2.99. The zero-order chi connectivity index (χ0) is 16.2. The van der Waals surface area contributed by atoms with Crippen molar-refractivity contribution < 1.29 is 0 Å². The normalized spacial score (nSPS) is 10.9. The van der Waals surface area contributed by atoms with Crippen LogP contribution in [-0.4, -0.2) is 9.78 Å². The SMILES string of the molecule is Cc1nn(-c2ccccc2Cl)c(Cl)c1CNCc1ccccc1. The number of rotatable bonds is 5. The summed E-state index contributed by atoms with van der Waals surface area (Å²) >= 11 is 12.8. The molecule has 0 aliphatic carbocycles. The monoisotopic (exact) mass is 345 g/mol. The highest BCUT2D eigenvalue weighted by Gasteiger charge is 2.15. The molecular formula is C18H17Cl2N3. The summed E-state index contributed by atoms with van der Waals surface area (Å²) in [6.45, 7) is 3.40. The van der Waals surface area contributed by atoms with Crippen molar-refractivity contribution in [2.45, 2.75) is 20.0 Å². The molecule has 2 aromatic carbocycles. The molecule has 3 rings (SSSR count). The lowest BCUT2D eigenvalue weighted by Crippen LogP contribution is -2.13. The molecule has 0 fully saturated rings. The molecule has 0 radical (unpaired) electrons. The van der Waals surface area contributed by atoms with E-state index >= 15 is 0 Å². The van der Waals surface area contributed by atoms with Crippen molar-refractivity contribution in [3.8, 4) is 5.69 Å². The van der Waals surface area contributed by atoms with E-state index in [-0.39, 0.29) is 0 Å². The van der Waals surface area contributed by atoms with Crippen molar-refractivity contribution in [1.29, 1.82) is 0 Å². The van der Waals surface area contributed by atoms with Gasteiger partial charge in [0.15, 0.2) is 0 Å². The number of hydrogen-bond acceptors (Lipinski definition) is 2. The third-order valence-electron chi connectivity index (χ3n) is 3.68. The van der Waals surface area contributed by atoms with Crippen molar-refractivity contribution in [2.24, 2.45) is 0 Å². The summed E-state index contributed by atoms with van der Waals surface area (Å²) in [5.41, 5.74) is 3.91. The molecule has 0 amide bonds. The first-order valence-corrected chi connectivity index (χ1v) is 8.16. The van der Waals surface area contributed by atoms with Gasteiger partial charge in [0.2, 0.25) is 0 Å². The van der Waals surface area contributed by atoms with Gasteiger partial charge in [-0.3, -0.25) is 0 Å². The minimum Gasteiger partial charge on any atom is -0.308 e. The molecule has 23 heavy (non-hydrogen) atoms. The molecule has 0 unspecified atom stereocenters. The lowest BCUT2D eigenvalue weighted by atomic mass is 10.2. The Hall–Kier alpha value is -1.81. The van der Waals surface area contributed by atoms with Crippen molar-refractivity contribution >= 4 is 23.2 Å². The molecule has 0 saturated heterocycles. The second-order valence-electron chi connectivity index (χ2n) is 5.31. The number of hydrogen-bond donors (Lipinski definition) is 1. The van der Waals surface area contributed by atoms with Gasteiger partial charge in [-0.15, -0.1) is 0 Å². The molecule has 0 bridgehead atoms. The largest absolute Gasteiger partial charge is 0.308 e. The Morgan fingerprint density at radius 1 is 0.957 bits per heavy atom. The van der Waals surface area contributed by atoms with Crippen LogP contribution < -0.4 is 5.32 Å². The van der Waals surface area contributed by atoms with Crippen molar-refractivity contribution in [3.05, 3.63) is 81.6 Å². The maximum absolute atomic E-state index is 6.52. The Morgan fingerprint density at radius 3 is 2.39 bits per heavy atom. The zero-order valence-corrected chi connectivity index (χ0v) is 14.3. The molecule has 118 valence electrons. The molecule has 3 aromatic rings. The van der Waals surface area contributed by atoms with Gasteiger partial charge in [-0.05, 0) is 24.6 Å². The highest BCUT2D eigenvalue weighted by Crippen LogP contribution is 2.27. The van der Waals surface area contributed by atoms with Gasteiger partial charge in [0.1, 0.15) is 5.15 Å². The lowest BCUT2D eigenvalue weighted by Gasteiger charge is -2.07. The second-order valence-corrected chi connectivity index (χ2v) is 6.07. The van der Waals surface area contributed by atoms with Crippen LogP contribution >= 0.6 is 23.2 Å². The van der Waals surface area contributed by atoms with E-state index in [0.29, 0.717) is 16.7 Å². The number of benzene rings is 2. The Morgan fingerprint density at radius 2 is 1.65 bits per heavy atom. The van der Waals surface area contributed by atoms with Crippen LogP contribution in [0.25, 0.3) is 5.69 Å². The number of para-hydroxylation sites is 1. The first-order chi connectivity index (χ1) is 11.2. The van der Waals surface area contributed by atoms with E-state index in [0.717, 1.165) is 23.5 Å². The van der Waals surface area contributed by atoms with Gasteiger partial charge in [0.05, 0.1) is 16.4 Å². The molecule has 1 heterocycles. The summed E-state index contributed by atoms with van der Waals surface area (Å²) in [6.07, 6.45) is 0. The molecule has 0 spiro atoms. The van der Waals surface area contributed by atoms with Crippen LogP contribution in [-0.2, 0) is 13.1 Å². The van der Waals surface area contributed by atoms with Crippen LogP contribution in [0.1, 0.15) is 16.8 Å². The Kier molecular flexibility index (Phi) is 5.01. The minimum absolute atomic E-state index is 0.594. The zero-order valence-electron chi connectivity index (χ0n) is 12.8. The number of halogens is 2. The molecular weight excluding hydrogens is 329 g/mol. The molecule has 0 saturated carbocycles. The molecule has 1 aromatic heterocycles. The number of nitrogens with zero attached hydrogens (tertiary/aromatic N) is 2. The van der Waals surface area contributed by atoms with Crippen LogP contribution in [0, 0.1) is 6.92 Å². The van der Waals surface area contributed by atoms with Crippen molar-refractivity contribution in [1.82, 2.24) is 15.1 Å². The quantitative estimate of drug-likeness (QED) is 0.721. The number of aryl methyl sites for hydroxylation is 1. The number of aromatic nitrogens is 2. The van der Waals surface area contributed by atoms with Gasteiger partial charge in [0.25, 0.3) is 0 Å². The third kappa shape index (κ3) is 3.58. The van der Waals surface area contributed by atoms with Crippen LogP contribution in [0.2, 0.25) is 10.2 Å². The maximum atomic E-state index is 6.52. The van der Waals surface area contributed by atoms with Crippen molar-refractivity contribution in [3.63, 3.8) is 0 Å². The minimum atomic E-state index is 0.594. The standard InChI is InChI=1S/C18H17Cl2N3/c1-13-15(12-21-11-14-7-3-2-4-8-14)18(20)23(22-13)17-10-6-5-9-16(17)19/h2-10,21H,11-12H2,1H3. The van der Waals surface area contributed by atoms with Crippen LogP contribution in [0.15, 0.2) is 54.6 Å². The Labute approximate surface area is 145 Å². The summed E-state index contributed by atoms with van der Waals surface area (Å²) in [6, 6.07) is 17.8. The molecule has 0 aliphatic heterocycles. The van der Waals surface area contributed by atoms with E-state index in [9.17, 15) is 0 Å². The smallest absolute Gasteiger partial charge is 0.137 e. The molecule has 5 heteroatoms. The van der Waals surface area contributed by atoms with Gasteiger partial charge in [-0.1, -0.05) is 65.7 Å². The Balaban J connectivity index is 1.77. The molecule has 0 aliphatic rings. The first kappa shape index (κ1) is 16.1. The molecule has 3 nitrogen and oxygen atoms in total. The van der Waals surface area contributed by atoms with Crippen LogP contribution in [0.5, 0.6) is 0 Å². The van der Waals surface area contributed by atoms with Gasteiger partial charge < -0.3 is 5.32 Å². The maximum Gasteiger partial charge on any atom is 0.137 e. The summed E-state index contributed by atoms with van der Waals surface area (Å²) in [5.74, 6) is 0. The van der Waals surface area contributed by atoms with Gasteiger partial charge in [-0.25, -0.2) is 4.68 Å². The summed E-state index contributed by atoms with van der Waals surface area (Å²) < 4.78 is 1.69. The summed E-state index contributed by atoms with van der Waals surface area (Å²) in [7, 11) is 0. The number of nitrogens with one attached hydrogen (secondary N) is 1. The van der Waals surface area contributed by atoms with Crippen molar-refractivity contribution in [2.75, 3.05) is 0 Å². The molecule has 0 atom stereocenters. The summed E-state index contributed by atoms with van der Waals surface area (Å²) in [4.78, 5) is 0. The predicted molar refractivity (Wildman–Crippen MR) is 95.3 cm³/mol. The topological polar surface area (TPSA) is 29.9 Å². The molecule has 1 N–H and O–H groups in total. The first-order valence-electron chi connectivity index (χ1n) is 7.40. The fourth-order valence-electron chi connectivity index (χ4n) is 2.44. The highest BCUT2D eigenvalue weighted by molar-refractivity contribution is 6.33. The van der Waals surface area contributed by atoms with Crippen LogP contribution in [0.3, 0.4) is 0 Å². The van der Waals surface area contributed by atoms with Gasteiger partial charge in [0, 0.05) is 18.7 Å².